The van der Waals surface area contributed by atoms with E-state index in [4.69, 9.17) is 4.74 Å². The van der Waals surface area contributed by atoms with E-state index in [0.717, 1.165) is 18.4 Å². The molecule has 0 spiro atoms. The molecule has 0 aromatic heterocycles. The zero-order valence-electron chi connectivity index (χ0n) is 13.2. The molecule has 1 saturated carbocycles. The Balaban J connectivity index is 0.00000144. The molecular weight excluding hydrogens is 358 g/mol. The Morgan fingerprint density at radius 3 is 2.33 bits per heavy atom. The van der Waals surface area contributed by atoms with Crippen LogP contribution in [0.2, 0.25) is 0 Å². The summed E-state index contributed by atoms with van der Waals surface area (Å²) in [5.74, 6) is -0.449. The number of alkyl halides is 1. The summed E-state index contributed by atoms with van der Waals surface area (Å²) in [7, 11) is 1.39. The third kappa shape index (κ3) is 3.99. The molecular formula is C16H21Cl2FN2O3. The lowest BCUT2D eigenvalue weighted by molar-refractivity contribution is -0.143. The van der Waals surface area contributed by atoms with Crippen molar-refractivity contribution >= 4 is 42.4 Å². The smallest absolute Gasteiger partial charge is 0.316 e. The predicted molar refractivity (Wildman–Crippen MR) is 93.8 cm³/mol. The summed E-state index contributed by atoms with van der Waals surface area (Å²) < 4.78 is 17.9. The van der Waals surface area contributed by atoms with Crippen molar-refractivity contribution in [3.05, 3.63) is 29.8 Å². The minimum absolute atomic E-state index is 0. The number of halogens is 3. The fourth-order valence-electron chi connectivity index (χ4n) is 2.93. The first-order valence-electron chi connectivity index (χ1n) is 7.42. The molecule has 2 fully saturated rings. The van der Waals surface area contributed by atoms with E-state index in [2.05, 4.69) is 10.6 Å². The number of hydrogen-bond donors (Lipinski definition) is 2. The molecule has 1 saturated heterocycles. The van der Waals surface area contributed by atoms with E-state index in [1.54, 1.807) is 12.1 Å². The summed E-state index contributed by atoms with van der Waals surface area (Å²) in [4.78, 5) is 23.8. The fraction of sp³-hybridized carbons (Fsp3) is 0.500. The lowest BCUT2D eigenvalue weighted by atomic mass is 9.96. The van der Waals surface area contributed by atoms with Gasteiger partial charge in [0.05, 0.1) is 18.6 Å². The largest absolute Gasteiger partial charge is 0.468 e. The molecule has 134 valence electrons. The molecule has 24 heavy (non-hydrogen) atoms. The summed E-state index contributed by atoms with van der Waals surface area (Å²) in [6.07, 6.45) is 0.813. The van der Waals surface area contributed by atoms with E-state index in [-0.39, 0.29) is 49.7 Å². The van der Waals surface area contributed by atoms with Crippen LogP contribution in [0.3, 0.4) is 0 Å². The van der Waals surface area contributed by atoms with Gasteiger partial charge in [-0.3, -0.25) is 9.59 Å². The van der Waals surface area contributed by atoms with E-state index in [9.17, 15) is 14.0 Å². The van der Waals surface area contributed by atoms with Crippen LogP contribution in [0, 0.1) is 0 Å². The zero-order valence-corrected chi connectivity index (χ0v) is 14.8. The molecule has 1 amide bonds. The summed E-state index contributed by atoms with van der Waals surface area (Å²) in [5.41, 5.74) is 1.03. The predicted octanol–water partition coefficient (Wildman–Crippen LogP) is 2.37. The van der Waals surface area contributed by atoms with E-state index in [1.807, 2.05) is 12.1 Å². The number of amides is 1. The van der Waals surface area contributed by atoms with Crippen LogP contribution in [-0.4, -0.2) is 37.7 Å². The Morgan fingerprint density at radius 1 is 1.25 bits per heavy atom. The van der Waals surface area contributed by atoms with Gasteiger partial charge < -0.3 is 15.4 Å². The van der Waals surface area contributed by atoms with Gasteiger partial charge in [-0.1, -0.05) is 12.1 Å². The Kier molecular flexibility index (Phi) is 7.01. The number of ether oxygens (including phenoxy) is 1. The second-order valence-corrected chi connectivity index (χ2v) is 5.93. The van der Waals surface area contributed by atoms with Crippen molar-refractivity contribution in [3.63, 3.8) is 0 Å². The number of carbonyl (C=O) groups excluding carboxylic acids is 2. The first-order valence-corrected chi connectivity index (χ1v) is 7.42. The van der Waals surface area contributed by atoms with Crippen molar-refractivity contribution in [2.45, 2.75) is 36.9 Å². The molecule has 1 aliphatic heterocycles. The number of hydrogen-bond acceptors (Lipinski definition) is 4. The van der Waals surface area contributed by atoms with E-state index in [0.29, 0.717) is 5.69 Å². The molecule has 1 aromatic rings. The van der Waals surface area contributed by atoms with Gasteiger partial charge in [0.15, 0.2) is 0 Å². The van der Waals surface area contributed by atoms with Gasteiger partial charge in [-0.2, -0.15) is 0 Å². The molecule has 1 aromatic carbocycles. The van der Waals surface area contributed by atoms with E-state index >= 15 is 0 Å². The van der Waals surface area contributed by atoms with Gasteiger partial charge in [-0.25, -0.2) is 4.39 Å². The molecule has 2 N–H and O–H groups in total. The number of anilines is 1. The van der Waals surface area contributed by atoms with E-state index in [1.165, 1.54) is 7.11 Å². The van der Waals surface area contributed by atoms with Crippen LogP contribution in [-0.2, 0) is 19.7 Å². The summed E-state index contributed by atoms with van der Waals surface area (Å²) in [6.45, 7) is 0.221. The molecule has 1 aliphatic carbocycles. The van der Waals surface area contributed by atoms with E-state index < -0.39 is 17.6 Å². The number of benzene rings is 1. The molecule has 0 bridgehead atoms. The highest BCUT2D eigenvalue weighted by Gasteiger charge is 2.52. The van der Waals surface area contributed by atoms with Crippen molar-refractivity contribution in [2.75, 3.05) is 19.0 Å². The van der Waals surface area contributed by atoms with Crippen molar-refractivity contribution < 1.29 is 18.7 Å². The highest BCUT2D eigenvalue weighted by atomic mass is 35.5. The second-order valence-electron chi connectivity index (χ2n) is 5.93. The van der Waals surface area contributed by atoms with Crippen molar-refractivity contribution in [1.29, 1.82) is 0 Å². The maximum absolute atomic E-state index is 13.1. The Morgan fingerprint density at radius 2 is 1.88 bits per heavy atom. The molecule has 3 rings (SSSR count). The molecule has 2 aliphatic rings. The number of esters is 1. The number of carbonyl (C=O) groups is 2. The van der Waals surface area contributed by atoms with Crippen molar-refractivity contribution in [1.82, 2.24) is 5.32 Å². The first-order chi connectivity index (χ1) is 10.5. The van der Waals surface area contributed by atoms with Crippen LogP contribution < -0.4 is 10.6 Å². The third-order valence-corrected chi connectivity index (χ3v) is 4.42. The van der Waals surface area contributed by atoms with Gasteiger partial charge in [-0.05, 0) is 30.5 Å². The Bertz CT molecular complexity index is 593. The minimum atomic E-state index is -0.965. The monoisotopic (exact) mass is 378 g/mol. The number of rotatable bonds is 4. The van der Waals surface area contributed by atoms with Crippen LogP contribution in [0.5, 0.6) is 0 Å². The molecule has 8 heteroatoms. The molecule has 0 radical (unpaired) electrons. The van der Waals surface area contributed by atoms with Crippen LogP contribution in [0.1, 0.15) is 24.8 Å². The van der Waals surface area contributed by atoms with Crippen LogP contribution in [0.15, 0.2) is 24.3 Å². The topological polar surface area (TPSA) is 67.4 Å². The Labute approximate surface area is 152 Å². The highest BCUT2D eigenvalue weighted by Crippen LogP contribution is 2.49. The van der Waals surface area contributed by atoms with Gasteiger partial charge in [0.1, 0.15) is 6.17 Å². The van der Waals surface area contributed by atoms with Gasteiger partial charge in [-0.15, -0.1) is 24.8 Å². The number of nitrogens with one attached hydrogen (secondary N) is 2. The maximum atomic E-state index is 13.1. The van der Waals surface area contributed by atoms with Gasteiger partial charge >= 0.3 is 5.97 Å². The maximum Gasteiger partial charge on any atom is 0.316 e. The lowest BCUT2D eigenvalue weighted by Gasteiger charge is -2.14. The summed E-state index contributed by atoms with van der Waals surface area (Å²) in [5, 5.41) is 5.61. The van der Waals surface area contributed by atoms with Crippen molar-refractivity contribution in [3.8, 4) is 0 Å². The number of methoxy groups -OCH3 is 1. The highest BCUT2D eigenvalue weighted by molar-refractivity contribution is 5.95. The minimum Gasteiger partial charge on any atom is -0.468 e. The van der Waals surface area contributed by atoms with Crippen LogP contribution in [0.25, 0.3) is 0 Å². The average Bonchev–Trinajstić information content (AvgIpc) is 3.22. The molecule has 2 atom stereocenters. The van der Waals surface area contributed by atoms with Gasteiger partial charge in [0, 0.05) is 18.7 Å². The van der Waals surface area contributed by atoms with Crippen LogP contribution >= 0.6 is 24.8 Å². The molecule has 5 nitrogen and oxygen atoms in total. The van der Waals surface area contributed by atoms with Crippen molar-refractivity contribution in [2.24, 2.45) is 0 Å². The first kappa shape index (κ1) is 20.7. The fourth-order valence-corrected chi connectivity index (χ4v) is 2.93. The average molecular weight is 379 g/mol. The van der Waals surface area contributed by atoms with Crippen LogP contribution in [0.4, 0.5) is 10.1 Å². The lowest BCUT2D eigenvalue weighted by Crippen LogP contribution is -2.35. The standard InChI is InChI=1S/C16H19FN2O3.2ClH/c1-22-15(21)16(6-7-16)10-2-4-12(5-3-10)19-14(20)13-8-11(17)9-18-13;;/h2-5,11,13,18H,6-9H2,1H3,(H,19,20);2*1H/t11-,13+;;/m0../s1. The SMILES string of the molecule is COC(=O)C1(c2ccc(NC(=O)[C@H]3C[C@H](F)CN3)cc2)CC1.Cl.Cl. The quantitative estimate of drug-likeness (QED) is 0.789. The summed E-state index contributed by atoms with van der Waals surface area (Å²) >= 11 is 0. The second kappa shape index (κ2) is 8.14. The molecule has 0 unspecified atom stereocenters. The zero-order chi connectivity index (χ0) is 15.7. The Hall–Kier alpha value is -1.37. The van der Waals surface area contributed by atoms with Gasteiger partial charge in [0.2, 0.25) is 5.91 Å². The normalized spacial score (nSPS) is 23.4. The summed E-state index contributed by atoms with van der Waals surface area (Å²) in [6, 6.07) is 6.70. The van der Waals surface area contributed by atoms with Gasteiger partial charge in [0.25, 0.3) is 0 Å². The molecule has 1 heterocycles. The third-order valence-electron chi connectivity index (χ3n) is 4.42.